The van der Waals surface area contributed by atoms with Crippen LogP contribution in [0.1, 0.15) is 18.4 Å². The van der Waals surface area contributed by atoms with E-state index in [-0.39, 0.29) is 5.56 Å². The zero-order chi connectivity index (χ0) is 11.3. The molecule has 1 aliphatic heterocycles. The quantitative estimate of drug-likeness (QED) is 0.755. The van der Waals surface area contributed by atoms with Crippen LogP contribution in [-0.2, 0) is 5.54 Å². The van der Waals surface area contributed by atoms with Gasteiger partial charge >= 0.3 is 0 Å². The molecular weight excluding hydrogens is 213 g/mol. The summed E-state index contributed by atoms with van der Waals surface area (Å²) in [6.07, 6.45) is 1.40. The van der Waals surface area contributed by atoms with Crippen molar-refractivity contribution in [1.29, 1.82) is 0 Å². The molecule has 1 heterocycles. The molecule has 0 bridgehead atoms. The lowest BCUT2D eigenvalue weighted by atomic mass is 10.0. The summed E-state index contributed by atoms with van der Waals surface area (Å²) in [6, 6.07) is 1.24. The third-order valence-corrected chi connectivity index (χ3v) is 3.04. The van der Waals surface area contributed by atoms with Crippen LogP contribution < -0.4 is 15.2 Å². The molecule has 3 rings (SSSR count). The van der Waals surface area contributed by atoms with E-state index < -0.39 is 17.1 Å². The molecule has 0 radical (unpaired) electrons. The van der Waals surface area contributed by atoms with Crippen LogP contribution in [0.5, 0.6) is 17.2 Å². The summed E-state index contributed by atoms with van der Waals surface area (Å²) < 4.78 is 24.6. The highest BCUT2D eigenvalue weighted by Crippen LogP contribution is 2.52. The molecule has 16 heavy (non-hydrogen) atoms. The molecule has 0 atom stereocenters. The Morgan fingerprint density at radius 2 is 2.00 bits per heavy atom. The zero-order valence-electron chi connectivity index (χ0n) is 8.62. The maximum absolute atomic E-state index is 13.9. The van der Waals surface area contributed by atoms with Gasteiger partial charge in [-0.3, -0.25) is 0 Å². The van der Waals surface area contributed by atoms with Crippen molar-refractivity contribution in [3.63, 3.8) is 0 Å². The van der Waals surface area contributed by atoms with Crippen molar-refractivity contribution in [3.05, 3.63) is 17.4 Å². The lowest BCUT2D eigenvalue weighted by Crippen LogP contribution is -2.25. The predicted octanol–water partition coefficient (Wildman–Crippen LogP) is 1.25. The van der Waals surface area contributed by atoms with Crippen molar-refractivity contribution in [2.24, 2.45) is 5.73 Å². The number of aromatic hydroxyl groups is 1. The molecule has 1 saturated carbocycles. The molecule has 3 N–H and O–H groups in total. The van der Waals surface area contributed by atoms with Crippen molar-refractivity contribution in [3.8, 4) is 17.2 Å². The molecule has 86 valence electrons. The van der Waals surface area contributed by atoms with E-state index in [0.29, 0.717) is 37.6 Å². The molecule has 5 heteroatoms. The van der Waals surface area contributed by atoms with Gasteiger partial charge in [0, 0.05) is 11.6 Å². The number of halogens is 1. The molecule has 0 saturated heterocycles. The number of hydrogen-bond donors (Lipinski definition) is 2. The van der Waals surface area contributed by atoms with Crippen LogP contribution in [0, 0.1) is 5.82 Å². The Kier molecular flexibility index (Phi) is 1.83. The first kappa shape index (κ1) is 9.72. The van der Waals surface area contributed by atoms with Gasteiger partial charge in [0.1, 0.15) is 13.2 Å². The normalized spacial score (nSPS) is 20.6. The van der Waals surface area contributed by atoms with Gasteiger partial charge in [0.25, 0.3) is 0 Å². The van der Waals surface area contributed by atoms with Crippen LogP contribution in [0.15, 0.2) is 6.07 Å². The number of hydrogen-bond acceptors (Lipinski definition) is 4. The van der Waals surface area contributed by atoms with E-state index >= 15 is 0 Å². The second-order valence-corrected chi connectivity index (χ2v) is 4.26. The van der Waals surface area contributed by atoms with Crippen LogP contribution in [0.4, 0.5) is 4.39 Å². The summed E-state index contributed by atoms with van der Waals surface area (Å²) in [5.41, 5.74) is 5.53. The minimum atomic E-state index is -0.701. The van der Waals surface area contributed by atoms with E-state index in [1.54, 1.807) is 0 Å². The molecule has 0 aromatic heterocycles. The van der Waals surface area contributed by atoms with Crippen LogP contribution in [-0.4, -0.2) is 18.3 Å². The summed E-state index contributed by atoms with van der Waals surface area (Å²) in [7, 11) is 0. The van der Waals surface area contributed by atoms with Gasteiger partial charge in [-0.15, -0.1) is 0 Å². The molecule has 0 amide bonds. The fourth-order valence-corrected chi connectivity index (χ4v) is 1.98. The van der Waals surface area contributed by atoms with E-state index in [4.69, 9.17) is 15.2 Å². The van der Waals surface area contributed by atoms with Crippen LogP contribution in [0.25, 0.3) is 0 Å². The van der Waals surface area contributed by atoms with Gasteiger partial charge in [0.2, 0.25) is 0 Å². The van der Waals surface area contributed by atoms with E-state index in [1.807, 2.05) is 0 Å². The summed E-state index contributed by atoms with van der Waals surface area (Å²) >= 11 is 0. The summed E-state index contributed by atoms with van der Waals surface area (Å²) in [5, 5.41) is 9.48. The number of rotatable bonds is 1. The highest BCUT2D eigenvalue weighted by molar-refractivity contribution is 5.57. The van der Waals surface area contributed by atoms with Gasteiger partial charge in [-0.1, -0.05) is 0 Å². The molecule has 2 aliphatic rings. The van der Waals surface area contributed by atoms with Crippen LogP contribution in [0.2, 0.25) is 0 Å². The van der Waals surface area contributed by atoms with Gasteiger partial charge < -0.3 is 20.3 Å². The fourth-order valence-electron chi connectivity index (χ4n) is 1.98. The summed E-state index contributed by atoms with van der Waals surface area (Å²) in [6.45, 7) is 0.773. The van der Waals surface area contributed by atoms with Crippen LogP contribution in [0.3, 0.4) is 0 Å². The number of nitrogens with two attached hydrogens (primary N) is 1. The average molecular weight is 225 g/mol. The Labute approximate surface area is 91.8 Å². The van der Waals surface area contributed by atoms with E-state index in [2.05, 4.69) is 0 Å². The van der Waals surface area contributed by atoms with E-state index in [0.717, 1.165) is 0 Å². The first-order valence-corrected chi connectivity index (χ1v) is 5.22. The third kappa shape index (κ3) is 1.24. The molecule has 1 aromatic rings. The minimum Gasteiger partial charge on any atom is -0.505 e. The minimum absolute atomic E-state index is 0.252. The summed E-state index contributed by atoms with van der Waals surface area (Å²) in [4.78, 5) is 0. The largest absolute Gasteiger partial charge is 0.505 e. The van der Waals surface area contributed by atoms with E-state index in [9.17, 15) is 9.50 Å². The van der Waals surface area contributed by atoms with Gasteiger partial charge in [0.15, 0.2) is 23.1 Å². The SMILES string of the molecule is NC1(c2c(F)c(O)cc3c2OCCO3)CC1. The van der Waals surface area contributed by atoms with Crippen molar-refractivity contribution < 1.29 is 19.0 Å². The second kappa shape index (κ2) is 3.01. The Hall–Kier alpha value is -1.49. The molecule has 1 aromatic carbocycles. The molecule has 1 aliphatic carbocycles. The van der Waals surface area contributed by atoms with Gasteiger partial charge in [-0.2, -0.15) is 0 Å². The lowest BCUT2D eigenvalue weighted by molar-refractivity contribution is 0.166. The van der Waals surface area contributed by atoms with Crippen LogP contribution >= 0.6 is 0 Å². The number of phenolic OH excluding ortho intramolecular Hbond substituents is 1. The molecular formula is C11H12FNO3. The first-order valence-electron chi connectivity index (χ1n) is 5.22. The Bertz CT molecular complexity index is 457. The van der Waals surface area contributed by atoms with E-state index in [1.165, 1.54) is 6.07 Å². The summed E-state index contributed by atoms with van der Waals surface area (Å²) in [5.74, 6) is -0.404. The van der Waals surface area contributed by atoms with Crippen molar-refractivity contribution in [2.75, 3.05) is 13.2 Å². The number of phenols is 1. The molecule has 0 spiro atoms. The van der Waals surface area contributed by atoms with Crippen molar-refractivity contribution in [2.45, 2.75) is 18.4 Å². The highest BCUT2D eigenvalue weighted by Gasteiger charge is 2.46. The zero-order valence-corrected chi connectivity index (χ0v) is 8.62. The smallest absolute Gasteiger partial charge is 0.173 e. The first-order chi connectivity index (χ1) is 7.62. The monoisotopic (exact) mass is 225 g/mol. The number of fused-ring (bicyclic) bond motifs is 1. The highest BCUT2D eigenvalue weighted by atomic mass is 19.1. The molecule has 4 nitrogen and oxygen atoms in total. The Morgan fingerprint density at radius 3 is 2.69 bits per heavy atom. The number of ether oxygens (including phenoxy) is 2. The fraction of sp³-hybridized carbons (Fsp3) is 0.455. The topological polar surface area (TPSA) is 64.7 Å². The van der Waals surface area contributed by atoms with Gasteiger partial charge in [-0.25, -0.2) is 4.39 Å². The maximum atomic E-state index is 13.9. The molecule has 0 unspecified atom stereocenters. The average Bonchev–Trinajstić information content (AvgIpc) is 2.99. The molecule has 1 fully saturated rings. The predicted molar refractivity (Wildman–Crippen MR) is 54.2 cm³/mol. The van der Waals surface area contributed by atoms with Gasteiger partial charge in [-0.05, 0) is 12.8 Å². The van der Waals surface area contributed by atoms with Crippen molar-refractivity contribution in [1.82, 2.24) is 0 Å². The number of benzene rings is 1. The maximum Gasteiger partial charge on any atom is 0.173 e. The Morgan fingerprint density at radius 1 is 1.31 bits per heavy atom. The van der Waals surface area contributed by atoms with Gasteiger partial charge in [0.05, 0.1) is 5.56 Å². The third-order valence-electron chi connectivity index (χ3n) is 3.04. The second-order valence-electron chi connectivity index (χ2n) is 4.26. The van der Waals surface area contributed by atoms with Crippen molar-refractivity contribution >= 4 is 0 Å². The lowest BCUT2D eigenvalue weighted by Gasteiger charge is -2.24. The Balaban J connectivity index is 2.23. The standard InChI is InChI=1S/C11H12FNO3/c12-9-6(14)5-7-10(16-4-3-15-7)8(9)11(13)1-2-11/h5,14H,1-4,13H2.